The number of thiazole rings is 1. The predicted octanol–water partition coefficient (Wildman–Crippen LogP) is 2.27. The second kappa shape index (κ2) is 6.36. The number of hydrogen-bond acceptors (Lipinski definition) is 6. The number of likely N-dealkylation sites (tertiary alicyclic amines) is 1. The maximum Gasteiger partial charge on any atom is 0.326 e. The van der Waals surface area contributed by atoms with Crippen LogP contribution in [0.2, 0.25) is 0 Å². The molecule has 1 fully saturated rings. The fourth-order valence-electron chi connectivity index (χ4n) is 3.09. The van der Waals surface area contributed by atoms with Crippen LogP contribution in [0.1, 0.15) is 23.3 Å². The van der Waals surface area contributed by atoms with Crippen molar-refractivity contribution in [2.24, 2.45) is 0 Å². The summed E-state index contributed by atoms with van der Waals surface area (Å²) < 4.78 is 11.1. The fourth-order valence-corrected chi connectivity index (χ4v) is 3.89. The summed E-state index contributed by atoms with van der Waals surface area (Å²) >= 11 is 1.35. The van der Waals surface area contributed by atoms with E-state index < -0.39 is 12.0 Å². The van der Waals surface area contributed by atoms with Gasteiger partial charge in [0.2, 0.25) is 0 Å². The molecule has 130 valence electrons. The Kier molecular flexibility index (Phi) is 4.04. The van der Waals surface area contributed by atoms with Gasteiger partial charge in [0, 0.05) is 17.5 Å². The number of aliphatic carboxylic acids is 1. The van der Waals surface area contributed by atoms with Gasteiger partial charge in [-0.1, -0.05) is 0 Å². The number of nitrogens with zero attached hydrogens (tertiary/aromatic N) is 2. The van der Waals surface area contributed by atoms with Crippen LogP contribution in [0.5, 0.6) is 11.5 Å². The lowest BCUT2D eigenvalue weighted by atomic mass is 10.2. The van der Waals surface area contributed by atoms with Crippen molar-refractivity contribution in [1.82, 2.24) is 9.88 Å². The zero-order chi connectivity index (χ0) is 17.4. The second-order valence-electron chi connectivity index (χ2n) is 5.89. The Bertz CT molecular complexity index is 834. The van der Waals surface area contributed by atoms with Crippen LogP contribution in [0.15, 0.2) is 23.6 Å². The third-order valence-electron chi connectivity index (χ3n) is 4.31. The number of carboxylic acid groups (broad SMARTS) is 1. The minimum absolute atomic E-state index is 0.281. The topological polar surface area (TPSA) is 89.0 Å². The molecule has 2 aromatic rings. The zero-order valence-electron chi connectivity index (χ0n) is 13.3. The highest BCUT2D eigenvalue weighted by Crippen LogP contribution is 2.35. The normalized spacial score (nSPS) is 19.0. The summed E-state index contributed by atoms with van der Waals surface area (Å²) in [7, 11) is 0. The molecule has 1 saturated heterocycles. The maximum atomic E-state index is 12.6. The van der Waals surface area contributed by atoms with Gasteiger partial charge >= 0.3 is 5.97 Å². The van der Waals surface area contributed by atoms with Gasteiger partial charge in [-0.05, 0) is 31.0 Å². The van der Waals surface area contributed by atoms with Gasteiger partial charge in [0.25, 0.3) is 5.91 Å². The predicted molar refractivity (Wildman–Crippen MR) is 90.2 cm³/mol. The van der Waals surface area contributed by atoms with Crippen molar-refractivity contribution < 1.29 is 24.2 Å². The van der Waals surface area contributed by atoms with E-state index in [4.69, 9.17) is 9.47 Å². The quantitative estimate of drug-likeness (QED) is 0.903. The molecule has 0 bridgehead atoms. The van der Waals surface area contributed by atoms with Crippen LogP contribution in [0.3, 0.4) is 0 Å². The van der Waals surface area contributed by atoms with Crippen molar-refractivity contribution in [1.29, 1.82) is 0 Å². The van der Waals surface area contributed by atoms with Crippen molar-refractivity contribution in [3.8, 4) is 22.1 Å². The van der Waals surface area contributed by atoms with E-state index in [1.807, 2.05) is 18.2 Å². The SMILES string of the molecule is O=C(O)[C@@H]1CCCN1C(=O)c1csc(-c2ccc3c(c2)OCCO3)n1. The van der Waals surface area contributed by atoms with Crippen molar-refractivity contribution >= 4 is 23.2 Å². The Morgan fingerprint density at radius 2 is 2.04 bits per heavy atom. The molecule has 3 heterocycles. The number of aromatic nitrogens is 1. The minimum atomic E-state index is -0.965. The number of benzene rings is 1. The van der Waals surface area contributed by atoms with Crippen LogP contribution in [0, 0.1) is 0 Å². The first-order chi connectivity index (χ1) is 12.1. The second-order valence-corrected chi connectivity index (χ2v) is 6.75. The molecule has 0 aliphatic carbocycles. The van der Waals surface area contributed by atoms with Gasteiger partial charge in [-0.2, -0.15) is 0 Å². The monoisotopic (exact) mass is 360 g/mol. The smallest absolute Gasteiger partial charge is 0.326 e. The van der Waals surface area contributed by atoms with E-state index in [9.17, 15) is 14.7 Å². The molecule has 7 nitrogen and oxygen atoms in total. The lowest BCUT2D eigenvalue weighted by Gasteiger charge is -2.20. The average Bonchev–Trinajstić information content (AvgIpc) is 3.30. The lowest BCUT2D eigenvalue weighted by molar-refractivity contribution is -0.141. The number of amides is 1. The van der Waals surface area contributed by atoms with Crippen LogP contribution in [-0.2, 0) is 4.79 Å². The molecule has 1 atom stereocenters. The van der Waals surface area contributed by atoms with E-state index in [1.54, 1.807) is 5.38 Å². The fraction of sp³-hybridized carbons (Fsp3) is 0.353. The zero-order valence-corrected chi connectivity index (χ0v) is 14.1. The third-order valence-corrected chi connectivity index (χ3v) is 5.20. The van der Waals surface area contributed by atoms with E-state index in [0.29, 0.717) is 49.1 Å². The number of ether oxygens (including phenoxy) is 2. The van der Waals surface area contributed by atoms with Crippen molar-refractivity contribution in [2.45, 2.75) is 18.9 Å². The van der Waals surface area contributed by atoms with E-state index >= 15 is 0 Å². The molecule has 1 N–H and O–H groups in total. The minimum Gasteiger partial charge on any atom is -0.486 e. The van der Waals surface area contributed by atoms with Gasteiger partial charge in [0.1, 0.15) is 30.0 Å². The van der Waals surface area contributed by atoms with Crippen molar-refractivity contribution in [3.05, 3.63) is 29.3 Å². The van der Waals surface area contributed by atoms with Gasteiger partial charge in [-0.25, -0.2) is 9.78 Å². The van der Waals surface area contributed by atoms with Gasteiger partial charge in [-0.3, -0.25) is 4.79 Å². The summed E-state index contributed by atoms with van der Waals surface area (Å²) in [5, 5.41) is 11.6. The Morgan fingerprint density at radius 1 is 1.24 bits per heavy atom. The van der Waals surface area contributed by atoms with Crippen LogP contribution in [-0.4, -0.2) is 52.7 Å². The van der Waals surface area contributed by atoms with Gasteiger partial charge in [0.05, 0.1) is 0 Å². The lowest BCUT2D eigenvalue weighted by Crippen LogP contribution is -2.40. The Labute approximate surface area is 147 Å². The van der Waals surface area contributed by atoms with Gasteiger partial charge in [-0.15, -0.1) is 11.3 Å². The molecule has 8 heteroatoms. The summed E-state index contributed by atoms with van der Waals surface area (Å²) in [5.74, 6) is 0.0691. The number of carbonyl (C=O) groups is 2. The van der Waals surface area contributed by atoms with Crippen molar-refractivity contribution in [2.75, 3.05) is 19.8 Å². The van der Waals surface area contributed by atoms with Crippen LogP contribution >= 0.6 is 11.3 Å². The first-order valence-corrected chi connectivity index (χ1v) is 8.91. The molecule has 0 unspecified atom stereocenters. The standard InChI is InChI=1S/C17H16N2O5S/c20-16(19-5-1-2-12(19)17(21)22)11-9-25-15(18-11)10-3-4-13-14(8-10)24-7-6-23-13/h3-4,8-9,12H,1-2,5-7H2,(H,21,22)/t12-/m0/s1. The number of hydrogen-bond donors (Lipinski definition) is 1. The van der Waals surface area contributed by atoms with Crippen LogP contribution in [0.25, 0.3) is 10.6 Å². The Hall–Kier alpha value is -2.61. The molecule has 1 amide bonds. The summed E-state index contributed by atoms with van der Waals surface area (Å²) in [6.07, 6.45) is 1.18. The number of fused-ring (bicyclic) bond motifs is 1. The maximum absolute atomic E-state index is 12.6. The van der Waals surface area contributed by atoms with Crippen LogP contribution in [0.4, 0.5) is 0 Å². The highest BCUT2D eigenvalue weighted by atomic mass is 32.1. The molecular formula is C17H16N2O5S. The van der Waals surface area contributed by atoms with Crippen LogP contribution < -0.4 is 9.47 Å². The summed E-state index contributed by atoms with van der Waals surface area (Å²) in [4.78, 5) is 29.7. The molecular weight excluding hydrogens is 344 g/mol. The number of carbonyl (C=O) groups excluding carboxylic acids is 1. The van der Waals surface area contributed by atoms with E-state index in [-0.39, 0.29) is 11.6 Å². The van der Waals surface area contributed by atoms with E-state index in [1.165, 1.54) is 16.2 Å². The largest absolute Gasteiger partial charge is 0.486 e. The molecule has 2 aliphatic heterocycles. The summed E-state index contributed by atoms with van der Waals surface area (Å²) in [5.41, 5.74) is 1.12. The molecule has 25 heavy (non-hydrogen) atoms. The van der Waals surface area contributed by atoms with E-state index in [2.05, 4.69) is 4.98 Å². The van der Waals surface area contributed by atoms with Gasteiger partial charge in [0.15, 0.2) is 11.5 Å². The summed E-state index contributed by atoms with van der Waals surface area (Å²) in [6, 6.07) is 4.79. The molecule has 4 rings (SSSR count). The number of carboxylic acids is 1. The number of rotatable bonds is 3. The molecule has 0 spiro atoms. The summed E-state index contributed by atoms with van der Waals surface area (Å²) in [6.45, 7) is 1.49. The Balaban J connectivity index is 1.58. The first-order valence-electron chi connectivity index (χ1n) is 8.03. The first kappa shape index (κ1) is 15.9. The third kappa shape index (κ3) is 2.93. The molecule has 1 aromatic heterocycles. The van der Waals surface area contributed by atoms with Crippen molar-refractivity contribution in [3.63, 3.8) is 0 Å². The molecule has 0 radical (unpaired) electrons. The van der Waals surface area contributed by atoms with Gasteiger partial charge < -0.3 is 19.5 Å². The molecule has 0 saturated carbocycles. The molecule has 1 aromatic carbocycles. The average molecular weight is 360 g/mol. The highest BCUT2D eigenvalue weighted by Gasteiger charge is 2.35. The Morgan fingerprint density at radius 3 is 2.84 bits per heavy atom. The molecule has 2 aliphatic rings. The highest BCUT2D eigenvalue weighted by molar-refractivity contribution is 7.13. The van der Waals surface area contributed by atoms with E-state index in [0.717, 1.165) is 5.56 Å².